The summed E-state index contributed by atoms with van der Waals surface area (Å²) in [6.07, 6.45) is 4.12. The van der Waals surface area contributed by atoms with Gasteiger partial charge in [-0.3, -0.25) is 19.3 Å². The average Bonchev–Trinajstić information content (AvgIpc) is 3.16. The van der Waals surface area contributed by atoms with Gasteiger partial charge in [0.1, 0.15) is 6.04 Å². The molecule has 1 aromatic rings. The molecule has 2 heterocycles. The van der Waals surface area contributed by atoms with Crippen molar-refractivity contribution >= 4 is 23.7 Å². The van der Waals surface area contributed by atoms with Gasteiger partial charge in [-0.1, -0.05) is 25.0 Å². The van der Waals surface area contributed by atoms with Crippen molar-refractivity contribution in [3.63, 3.8) is 0 Å². The van der Waals surface area contributed by atoms with Crippen molar-refractivity contribution in [2.45, 2.75) is 44.6 Å². The lowest BCUT2D eigenvalue weighted by Crippen LogP contribution is -2.39. The summed E-state index contributed by atoms with van der Waals surface area (Å²) in [4.78, 5) is 51.1. The molecule has 0 aromatic heterocycles. The number of carbonyl (C=O) groups is 4. The van der Waals surface area contributed by atoms with Gasteiger partial charge in [-0.15, -0.1) is 0 Å². The molecule has 0 unspecified atom stereocenters. The minimum absolute atomic E-state index is 0.00331. The third-order valence-corrected chi connectivity index (χ3v) is 5.21. The second kappa shape index (κ2) is 8.33. The zero-order valence-electron chi connectivity index (χ0n) is 15.5. The number of nitrogens with zero attached hydrogens (tertiary/aromatic N) is 2. The molecule has 7 heteroatoms. The van der Waals surface area contributed by atoms with Crippen LogP contribution in [-0.2, 0) is 14.3 Å². The quantitative estimate of drug-likeness (QED) is 0.396. The highest BCUT2D eigenvalue weighted by molar-refractivity contribution is 6.21. The number of rotatable bonds is 8. The molecule has 2 aliphatic rings. The molecule has 1 aromatic carbocycles. The number of likely N-dealkylation sites (tertiary alicyclic amines) is 1. The zero-order valence-corrected chi connectivity index (χ0v) is 15.5. The number of ether oxygens (including phenoxy) is 1. The molecule has 0 spiro atoms. The molecule has 0 saturated carbocycles. The van der Waals surface area contributed by atoms with E-state index in [2.05, 4.69) is 0 Å². The molecule has 0 radical (unpaired) electrons. The molecule has 1 atom stereocenters. The molecule has 1 saturated heterocycles. The van der Waals surface area contributed by atoms with Crippen molar-refractivity contribution in [1.82, 2.24) is 9.80 Å². The number of hydrogen-bond donors (Lipinski definition) is 0. The highest BCUT2D eigenvalue weighted by Crippen LogP contribution is 2.23. The predicted molar refractivity (Wildman–Crippen MR) is 97.0 cm³/mol. The van der Waals surface area contributed by atoms with Gasteiger partial charge in [0, 0.05) is 19.5 Å². The number of fused-ring (bicyclic) bond motifs is 1. The first kappa shape index (κ1) is 19.1. The fourth-order valence-corrected chi connectivity index (χ4v) is 3.74. The van der Waals surface area contributed by atoms with Gasteiger partial charge < -0.3 is 9.64 Å². The van der Waals surface area contributed by atoms with Crippen molar-refractivity contribution in [3.8, 4) is 0 Å². The SMILES string of the molecule is COC(=O)[C@@H]1CCC(=O)N1CCCCCCN1C(=O)c2ccccc2C1=O. The molecule has 144 valence electrons. The number of methoxy groups -OCH3 is 1. The highest BCUT2D eigenvalue weighted by Gasteiger charge is 2.36. The second-order valence-electron chi connectivity index (χ2n) is 6.89. The van der Waals surface area contributed by atoms with Gasteiger partial charge in [-0.2, -0.15) is 0 Å². The van der Waals surface area contributed by atoms with Gasteiger partial charge in [-0.25, -0.2) is 4.79 Å². The monoisotopic (exact) mass is 372 g/mol. The van der Waals surface area contributed by atoms with Crippen LogP contribution in [0.3, 0.4) is 0 Å². The van der Waals surface area contributed by atoms with E-state index in [-0.39, 0.29) is 23.7 Å². The normalized spacial score (nSPS) is 19.0. The van der Waals surface area contributed by atoms with E-state index in [1.165, 1.54) is 12.0 Å². The average molecular weight is 372 g/mol. The Hall–Kier alpha value is -2.70. The van der Waals surface area contributed by atoms with Crippen LogP contribution in [0.25, 0.3) is 0 Å². The molecular weight excluding hydrogens is 348 g/mol. The lowest BCUT2D eigenvalue weighted by Gasteiger charge is -2.22. The summed E-state index contributed by atoms with van der Waals surface area (Å²) in [5.41, 5.74) is 0.952. The van der Waals surface area contributed by atoms with Gasteiger partial charge in [0.15, 0.2) is 0 Å². The lowest BCUT2D eigenvalue weighted by molar-refractivity contribution is -0.149. The molecule has 3 amide bonds. The number of benzene rings is 1. The fourth-order valence-electron chi connectivity index (χ4n) is 3.74. The van der Waals surface area contributed by atoms with Gasteiger partial charge in [0.2, 0.25) is 5.91 Å². The van der Waals surface area contributed by atoms with E-state index in [0.717, 1.165) is 25.7 Å². The minimum Gasteiger partial charge on any atom is -0.467 e. The third kappa shape index (κ3) is 3.86. The topological polar surface area (TPSA) is 84.0 Å². The van der Waals surface area contributed by atoms with E-state index in [0.29, 0.717) is 37.1 Å². The third-order valence-electron chi connectivity index (χ3n) is 5.21. The van der Waals surface area contributed by atoms with E-state index in [4.69, 9.17) is 4.74 Å². The Morgan fingerprint density at radius 1 is 1.00 bits per heavy atom. The Labute approximate surface area is 158 Å². The fraction of sp³-hybridized carbons (Fsp3) is 0.500. The largest absolute Gasteiger partial charge is 0.467 e. The summed E-state index contributed by atoms with van der Waals surface area (Å²) in [7, 11) is 1.34. The van der Waals surface area contributed by atoms with Crippen LogP contribution >= 0.6 is 0 Å². The number of amides is 3. The van der Waals surface area contributed by atoms with Crippen molar-refractivity contribution < 1.29 is 23.9 Å². The highest BCUT2D eigenvalue weighted by atomic mass is 16.5. The van der Waals surface area contributed by atoms with E-state index < -0.39 is 6.04 Å². The van der Waals surface area contributed by atoms with Crippen LogP contribution in [-0.4, -0.2) is 59.7 Å². The van der Waals surface area contributed by atoms with Crippen LogP contribution in [0.15, 0.2) is 24.3 Å². The molecular formula is C20H24N2O5. The smallest absolute Gasteiger partial charge is 0.328 e. The standard InChI is InChI=1S/C20H24N2O5/c1-27-20(26)16-10-11-17(23)21(16)12-6-2-3-7-13-22-18(24)14-8-4-5-9-15(14)19(22)25/h4-5,8-9,16H,2-3,6-7,10-13H2,1H3/t16-/m0/s1. The number of esters is 1. The minimum atomic E-state index is -0.458. The predicted octanol–water partition coefficient (Wildman–Crippen LogP) is 2.01. The second-order valence-corrected chi connectivity index (χ2v) is 6.89. The van der Waals surface area contributed by atoms with Crippen LogP contribution < -0.4 is 0 Å². The molecule has 1 fully saturated rings. The van der Waals surface area contributed by atoms with Gasteiger partial charge in [0.05, 0.1) is 18.2 Å². The Balaban J connectivity index is 1.39. The molecule has 27 heavy (non-hydrogen) atoms. The van der Waals surface area contributed by atoms with Crippen molar-refractivity contribution in [1.29, 1.82) is 0 Å². The Bertz CT molecular complexity index is 725. The number of unbranched alkanes of at least 4 members (excludes halogenated alkanes) is 3. The van der Waals surface area contributed by atoms with E-state index in [1.54, 1.807) is 29.2 Å². The van der Waals surface area contributed by atoms with Crippen molar-refractivity contribution in [2.75, 3.05) is 20.2 Å². The Kier molecular flexibility index (Phi) is 5.88. The first-order valence-corrected chi connectivity index (χ1v) is 9.37. The van der Waals surface area contributed by atoms with Gasteiger partial charge >= 0.3 is 5.97 Å². The molecule has 2 aliphatic heterocycles. The number of carbonyl (C=O) groups excluding carboxylic acids is 4. The van der Waals surface area contributed by atoms with Crippen molar-refractivity contribution in [3.05, 3.63) is 35.4 Å². The molecule has 3 rings (SSSR count). The zero-order chi connectivity index (χ0) is 19.4. The van der Waals surface area contributed by atoms with E-state index in [1.807, 2.05) is 0 Å². The molecule has 0 bridgehead atoms. The van der Waals surface area contributed by atoms with Crippen LogP contribution in [0.5, 0.6) is 0 Å². The van der Waals surface area contributed by atoms with Gasteiger partial charge in [-0.05, 0) is 31.4 Å². The van der Waals surface area contributed by atoms with E-state index in [9.17, 15) is 19.2 Å². The lowest BCUT2D eigenvalue weighted by atomic mass is 10.1. The Morgan fingerprint density at radius 3 is 2.19 bits per heavy atom. The number of hydrogen-bond acceptors (Lipinski definition) is 5. The summed E-state index contributed by atoms with van der Waals surface area (Å²) in [6, 6.07) is 6.42. The number of imide groups is 1. The maximum absolute atomic E-state index is 12.3. The maximum Gasteiger partial charge on any atom is 0.328 e. The summed E-state index contributed by atoms with van der Waals surface area (Å²) in [5, 5.41) is 0. The van der Waals surface area contributed by atoms with Crippen LogP contribution in [0.1, 0.15) is 59.2 Å². The molecule has 0 aliphatic carbocycles. The summed E-state index contributed by atoms with van der Waals surface area (Å²) in [6.45, 7) is 0.936. The Morgan fingerprint density at radius 2 is 1.59 bits per heavy atom. The van der Waals surface area contributed by atoms with Crippen molar-refractivity contribution in [2.24, 2.45) is 0 Å². The van der Waals surface area contributed by atoms with Crippen LogP contribution in [0, 0.1) is 0 Å². The first-order chi connectivity index (χ1) is 13.0. The maximum atomic E-state index is 12.3. The van der Waals surface area contributed by atoms with E-state index >= 15 is 0 Å². The van der Waals surface area contributed by atoms with Gasteiger partial charge in [0.25, 0.3) is 11.8 Å². The first-order valence-electron chi connectivity index (χ1n) is 9.37. The summed E-state index contributed by atoms with van der Waals surface area (Å²) < 4.78 is 4.76. The summed E-state index contributed by atoms with van der Waals surface area (Å²) in [5.74, 6) is -0.804. The van der Waals surface area contributed by atoms with Crippen LogP contribution in [0.4, 0.5) is 0 Å². The molecule has 0 N–H and O–H groups in total. The summed E-state index contributed by atoms with van der Waals surface area (Å²) >= 11 is 0. The van der Waals surface area contributed by atoms with Crippen LogP contribution in [0.2, 0.25) is 0 Å². The molecule has 7 nitrogen and oxygen atoms in total.